The summed E-state index contributed by atoms with van der Waals surface area (Å²) in [7, 11) is 0. The first kappa shape index (κ1) is 17.0. The zero-order valence-electron chi connectivity index (χ0n) is 13.9. The normalized spacial score (nSPS) is 16.4. The summed E-state index contributed by atoms with van der Waals surface area (Å²) >= 11 is 6.01. The molecular weight excluding hydrogens is 320 g/mol. The summed E-state index contributed by atoms with van der Waals surface area (Å²) in [6.07, 6.45) is 2.28. The van der Waals surface area contributed by atoms with Gasteiger partial charge in [-0.1, -0.05) is 54.1 Å². The number of carbonyl (C=O) groups is 1. The van der Waals surface area contributed by atoms with E-state index in [0.29, 0.717) is 18.1 Å². The number of rotatable bonds is 7. The Morgan fingerprint density at radius 3 is 2.58 bits per heavy atom. The average molecular weight is 343 g/mol. The first-order valence-corrected chi connectivity index (χ1v) is 8.78. The number of halogens is 1. The van der Waals surface area contributed by atoms with Crippen LogP contribution in [0.3, 0.4) is 0 Å². The Balaban J connectivity index is 1.47. The van der Waals surface area contributed by atoms with Crippen molar-refractivity contribution in [3.05, 3.63) is 70.7 Å². The van der Waals surface area contributed by atoms with E-state index in [-0.39, 0.29) is 17.4 Å². The lowest BCUT2D eigenvalue weighted by Gasteiger charge is -2.18. The first-order valence-electron chi connectivity index (χ1n) is 8.40. The molecule has 0 aliphatic heterocycles. The van der Waals surface area contributed by atoms with Crippen LogP contribution in [0, 0.1) is 0 Å². The highest BCUT2D eigenvalue weighted by Crippen LogP contribution is 2.47. The van der Waals surface area contributed by atoms with Crippen molar-refractivity contribution < 1.29 is 4.79 Å². The largest absolute Gasteiger partial charge is 0.354 e. The van der Waals surface area contributed by atoms with Gasteiger partial charge >= 0.3 is 0 Å². The van der Waals surface area contributed by atoms with Crippen molar-refractivity contribution in [2.75, 3.05) is 13.1 Å². The predicted octanol–water partition coefficient (Wildman–Crippen LogP) is 3.84. The van der Waals surface area contributed by atoms with E-state index >= 15 is 0 Å². The van der Waals surface area contributed by atoms with Crippen LogP contribution in [0.4, 0.5) is 0 Å². The van der Waals surface area contributed by atoms with Crippen molar-refractivity contribution in [3.63, 3.8) is 0 Å². The number of amides is 1. The zero-order valence-corrected chi connectivity index (χ0v) is 14.6. The molecule has 3 rings (SSSR count). The van der Waals surface area contributed by atoms with Crippen molar-refractivity contribution in [1.29, 1.82) is 0 Å². The van der Waals surface area contributed by atoms with Crippen molar-refractivity contribution >= 4 is 17.5 Å². The Kier molecular flexibility index (Phi) is 5.22. The molecule has 126 valence electrons. The van der Waals surface area contributed by atoms with E-state index in [1.807, 2.05) is 37.3 Å². The fourth-order valence-corrected chi connectivity index (χ4v) is 3.18. The van der Waals surface area contributed by atoms with E-state index in [0.717, 1.165) is 18.4 Å². The van der Waals surface area contributed by atoms with Gasteiger partial charge in [0.2, 0.25) is 5.91 Å². The minimum Gasteiger partial charge on any atom is -0.354 e. The summed E-state index contributed by atoms with van der Waals surface area (Å²) in [5, 5.41) is 7.04. The molecule has 3 nitrogen and oxygen atoms in total. The van der Waals surface area contributed by atoms with Gasteiger partial charge in [-0.25, -0.2) is 0 Å². The average Bonchev–Trinajstić information content (AvgIpc) is 3.40. The minimum atomic E-state index is 0.0334. The lowest BCUT2D eigenvalue weighted by atomic mass is 9.96. The molecule has 1 fully saturated rings. The van der Waals surface area contributed by atoms with Crippen LogP contribution in [-0.4, -0.2) is 19.0 Å². The summed E-state index contributed by atoms with van der Waals surface area (Å²) in [5.74, 6) is 0.0334. The maximum atomic E-state index is 12.2. The second kappa shape index (κ2) is 7.37. The summed E-state index contributed by atoms with van der Waals surface area (Å²) in [4.78, 5) is 12.2. The smallest absolute Gasteiger partial charge is 0.234 e. The molecule has 1 atom stereocenters. The van der Waals surface area contributed by atoms with Gasteiger partial charge in [0, 0.05) is 23.0 Å². The van der Waals surface area contributed by atoms with E-state index in [1.54, 1.807) is 0 Å². The number of hydrogen-bond donors (Lipinski definition) is 2. The molecule has 0 heterocycles. The molecule has 0 saturated heterocycles. The fourth-order valence-electron chi connectivity index (χ4n) is 2.98. The molecule has 1 aliphatic rings. The third kappa shape index (κ3) is 4.16. The Morgan fingerprint density at radius 1 is 1.17 bits per heavy atom. The van der Waals surface area contributed by atoms with Gasteiger partial charge < -0.3 is 10.6 Å². The van der Waals surface area contributed by atoms with Crippen LogP contribution in [0.2, 0.25) is 5.02 Å². The van der Waals surface area contributed by atoms with Gasteiger partial charge in [0.1, 0.15) is 0 Å². The molecule has 4 heteroatoms. The number of carbonyl (C=O) groups excluding carboxylic acids is 1. The van der Waals surface area contributed by atoms with Crippen LogP contribution in [0.15, 0.2) is 54.6 Å². The summed E-state index contributed by atoms with van der Waals surface area (Å²) in [6, 6.07) is 18.2. The third-order valence-electron chi connectivity index (χ3n) is 4.78. The Hall–Kier alpha value is -1.84. The van der Waals surface area contributed by atoms with E-state index in [2.05, 4.69) is 34.9 Å². The molecule has 1 amide bonds. The zero-order chi connectivity index (χ0) is 17.0. The van der Waals surface area contributed by atoms with Crippen molar-refractivity contribution in [3.8, 4) is 0 Å². The topological polar surface area (TPSA) is 41.1 Å². The summed E-state index contributed by atoms with van der Waals surface area (Å²) < 4.78 is 0. The van der Waals surface area contributed by atoms with E-state index in [1.165, 1.54) is 5.56 Å². The Bertz CT molecular complexity index is 698. The molecule has 0 spiro atoms. The lowest BCUT2D eigenvalue weighted by Crippen LogP contribution is -2.38. The van der Waals surface area contributed by atoms with Gasteiger partial charge in [-0.15, -0.1) is 0 Å². The quantitative estimate of drug-likeness (QED) is 0.802. The van der Waals surface area contributed by atoms with Crippen LogP contribution in [0.5, 0.6) is 0 Å². The maximum Gasteiger partial charge on any atom is 0.234 e. The van der Waals surface area contributed by atoms with Gasteiger partial charge in [-0.05, 0) is 43.0 Å². The fraction of sp³-hybridized carbons (Fsp3) is 0.350. The van der Waals surface area contributed by atoms with Gasteiger partial charge in [0.25, 0.3) is 0 Å². The van der Waals surface area contributed by atoms with Crippen molar-refractivity contribution in [2.24, 2.45) is 0 Å². The molecule has 24 heavy (non-hydrogen) atoms. The van der Waals surface area contributed by atoms with Gasteiger partial charge in [0.05, 0.1) is 6.54 Å². The monoisotopic (exact) mass is 342 g/mol. The summed E-state index contributed by atoms with van der Waals surface area (Å²) in [6.45, 7) is 3.05. The molecule has 2 aromatic carbocycles. The molecular formula is C20H23ClN2O. The molecule has 0 bridgehead atoms. The first-order chi connectivity index (χ1) is 11.6. The molecule has 1 saturated carbocycles. The Labute approximate surface area is 148 Å². The van der Waals surface area contributed by atoms with Gasteiger partial charge in [-0.3, -0.25) is 4.79 Å². The second-order valence-electron chi connectivity index (χ2n) is 6.58. The van der Waals surface area contributed by atoms with Crippen LogP contribution < -0.4 is 10.6 Å². The van der Waals surface area contributed by atoms with Crippen molar-refractivity contribution in [2.45, 2.75) is 31.2 Å². The second-order valence-corrected chi connectivity index (χ2v) is 7.02. The van der Waals surface area contributed by atoms with Crippen molar-refractivity contribution in [1.82, 2.24) is 10.6 Å². The van der Waals surface area contributed by atoms with Gasteiger partial charge in [-0.2, -0.15) is 0 Å². The number of nitrogens with one attached hydrogen (secondary N) is 2. The number of benzene rings is 2. The maximum absolute atomic E-state index is 12.2. The standard InChI is InChI=1S/C20H23ClN2O/c1-15(16-6-5-9-18(21)12-16)22-13-19(24)23-14-20(10-11-20)17-7-3-2-4-8-17/h2-9,12,15,22H,10-11,13-14H2,1H3,(H,23,24). The molecule has 1 unspecified atom stereocenters. The van der Waals surface area contributed by atoms with Crippen LogP contribution in [-0.2, 0) is 10.2 Å². The third-order valence-corrected chi connectivity index (χ3v) is 5.02. The molecule has 2 N–H and O–H groups in total. The molecule has 0 aromatic heterocycles. The van der Waals surface area contributed by atoms with E-state index < -0.39 is 0 Å². The number of hydrogen-bond acceptors (Lipinski definition) is 2. The van der Waals surface area contributed by atoms with Crippen LogP contribution >= 0.6 is 11.6 Å². The highest BCUT2D eigenvalue weighted by molar-refractivity contribution is 6.30. The van der Waals surface area contributed by atoms with E-state index in [9.17, 15) is 4.79 Å². The highest BCUT2D eigenvalue weighted by atomic mass is 35.5. The molecule has 2 aromatic rings. The lowest BCUT2D eigenvalue weighted by molar-refractivity contribution is -0.120. The van der Waals surface area contributed by atoms with Crippen LogP contribution in [0.25, 0.3) is 0 Å². The minimum absolute atomic E-state index is 0.0334. The van der Waals surface area contributed by atoms with Crippen LogP contribution in [0.1, 0.15) is 36.9 Å². The Morgan fingerprint density at radius 2 is 1.92 bits per heavy atom. The molecule has 0 radical (unpaired) electrons. The highest BCUT2D eigenvalue weighted by Gasteiger charge is 2.44. The molecule has 1 aliphatic carbocycles. The SMILES string of the molecule is CC(NCC(=O)NCC1(c2ccccc2)CC1)c1cccc(Cl)c1. The predicted molar refractivity (Wildman–Crippen MR) is 98.2 cm³/mol. The van der Waals surface area contributed by atoms with E-state index in [4.69, 9.17) is 11.6 Å². The van der Waals surface area contributed by atoms with Gasteiger partial charge in [0.15, 0.2) is 0 Å². The summed E-state index contributed by atoms with van der Waals surface area (Å²) in [5.41, 5.74) is 2.55.